The van der Waals surface area contributed by atoms with Gasteiger partial charge in [0.15, 0.2) is 0 Å². The lowest BCUT2D eigenvalue weighted by molar-refractivity contribution is 0.0951. The standard InChI is InChI=1S/C20H14FN3O2S/c21-15-4-6-16(7-5-15)26-20-24-12-17(27-20)11-23-19(25)14-3-8-18-13(10-14)2-1-9-22-18/h1-10,12H,11H2,(H,23,25). The lowest BCUT2D eigenvalue weighted by Crippen LogP contribution is -2.22. The van der Waals surface area contributed by atoms with E-state index in [-0.39, 0.29) is 11.7 Å². The number of carbonyl (C=O) groups excluding carboxylic acids is 1. The summed E-state index contributed by atoms with van der Waals surface area (Å²) in [7, 11) is 0. The maximum Gasteiger partial charge on any atom is 0.278 e. The Morgan fingerprint density at radius 3 is 2.81 bits per heavy atom. The number of fused-ring (bicyclic) bond motifs is 1. The Balaban J connectivity index is 1.38. The first-order chi connectivity index (χ1) is 13.2. The molecule has 27 heavy (non-hydrogen) atoms. The summed E-state index contributed by atoms with van der Waals surface area (Å²) >= 11 is 1.32. The lowest BCUT2D eigenvalue weighted by atomic mass is 10.1. The third kappa shape index (κ3) is 4.09. The van der Waals surface area contributed by atoms with Gasteiger partial charge in [-0.05, 0) is 48.5 Å². The van der Waals surface area contributed by atoms with E-state index >= 15 is 0 Å². The summed E-state index contributed by atoms with van der Waals surface area (Å²) in [5.41, 5.74) is 1.42. The summed E-state index contributed by atoms with van der Waals surface area (Å²) < 4.78 is 18.5. The fourth-order valence-corrected chi connectivity index (χ4v) is 3.23. The molecule has 7 heteroatoms. The Kier molecular flexibility index (Phi) is 4.76. The molecule has 4 rings (SSSR count). The van der Waals surface area contributed by atoms with Gasteiger partial charge in [0.1, 0.15) is 11.6 Å². The quantitative estimate of drug-likeness (QED) is 0.552. The van der Waals surface area contributed by atoms with Gasteiger partial charge in [-0.2, -0.15) is 0 Å². The summed E-state index contributed by atoms with van der Waals surface area (Å²) in [5.74, 6) is 0.00984. The molecule has 2 aromatic carbocycles. The molecule has 134 valence electrons. The third-order valence-corrected chi connectivity index (χ3v) is 4.71. The number of halogens is 1. The molecule has 5 nitrogen and oxygen atoms in total. The second-order valence-corrected chi connectivity index (χ2v) is 6.82. The summed E-state index contributed by atoms with van der Waals surface area (Å²) in [4.78, 5) is 21.6. The van der Waals surface area contributed by atoms with Gasteiger partial charge >= 0.3 is 0 Å². The third-order valence-electron chi connectivity index (χ3n) is 3.84. The molecule has 0 radical (unpaired) electrons. The van der Waals surface area contributed by atoms with Crippen molar-refractivity contribution in [2.24, 2.45) is 0 Å². The zero-order valence-electron chi connectivity index (χ0n) is 14.1. The highest BCUT2D eigenvalue weighted by atomic mass is 32.1. The van der Waals surface area contributed by atoms with Crippen LogP contribution >= 0.6 is 11.3 Å². The number of thiazole rings is 1. The van der Waals surface area contributed by atoms with Gasteiger partial charge in [0.25, 0.3) is 11.1 Å². The highest BCUT2D eigenvalue weighted by molar-refractivity contribution is 7.13. The van der Waals surface area contributed by atoms with Crippen molar-refractivity contribution in [3.8, 4) is 10.9 Å². The van der Waals surface area contributed by atoms with Crippen LogP contribution in [-0.4, -0.2) is 15.9 Å². The first kappa shape index (κ1) is 17.1. The first-order valence-electron chi connectivity index (χ1n) is 8.18. The zero-order chi connectivity index (χ0) is 18.6. The second kappa shape index (κ2) is 7.51. The Bertz CT molecular complexity index is 1100. The minimum atomic E-state index is -0.325. The van der Waals surface area contributed by atoms with Crippen LogP contribution in [0.3, 0.4) is 0 Å². The van der Waals surface area contributed by atoms with Crippen LogP contribution in [0.4, 0.5) is 4.39 Å². The van der Waals surface area contributed by atoms with Crippen molar-refractivity contribution in [1.82, 2.24) is 15.3 Å². The highest BCUT2D eigenvalue weighted by Crippen LogP contribution is 2.26. The van der Waals surface area contributed by atoms with E-state index in [0.717, 1.165) is 15.8 Å². The molecule has 0 atom stereocenters. The van der Waals surface area contributed by atoms with Crippen molar-refractivity contribution in [1.29, 1.82) is 0 Å². The van der Waals surface area contributed by atoms with Gasteiger partial charge in [0.05, 0.1) is 12.1 Å². The predicted molar refractivity (Wildman–Crippen MR) is 102 cm³/mol. The van der Waals surface area contributed by atoms with E-state index in [1.54, 1.807) is 18.5 Å². The molecule has 1 N–H and O–H groups in total. The molecule has 0 aliphatic carbocycles. The summed E-state index contributed by atoms with van der Waals surface area (Å²) in [6, 6.07) is 14.9. The molecule has 4 aromatic rings. The molecule has 0 bridgehead atoms. The van der Waals surface area contributed by atoms with Crippen LogP contribution in [-0.2, 0) is 6.54 Å². The minimum Gasteiger partial charge on any atom is -0.431 e. The average molecular weight is 379 g/mol. The molecular weight excluding hydrogens is 365 g/mol. The van der Waals surface area contributed by atoms with E-state index < -0.39 is 0 Å². The maximum atomic E-state index is 12.9. The number of hydrogen-bond acceptors (Lipinski definition) is 5. The van der Waals surface area contributed by atoms with Crippen molar-refractivity contribution >= 4 is 28.1 Å². The van der Waals surface area contributed by atoms with Crippen molar-refractivity contribution in [3.63, 3.8) is 0 Å². The van der Waals surface area contributed by atoms with Crippen LogP contribution < -0.4 is 10.1 Å². The molecule has 0 saturated carbocycles. The summed E-state index contributed by atoms with van der Waals surface area (Å²) in [5, 5.41) is 4.22. The highest BCUT2D eigenvalue weighted by Gasteiger charge is 2.09. The number of rotatable bonds is 5. The fraction of sp³-hybridized carbons (Fsp3) is 0.0500. The number of hydrogen-bond donors (Lipinski definition) is 1. The number of pyridine rings is 1. The second-order valence-electron chi connectivity index (χ2n) is 5.74. The van der Waals surface area contributed by atoms with E-state index in [0.29, 0.717) is 23.1 Å². The minimum absolute atomic E-state index is 0.171. The van der Waals surface area contributed by atoms with Crippen LogP contribution in [0.2, 0.25) is 0 Å². The first-order valence-corrected chi connectivity index (χ1v) is 9.00. The van der Waals surface area contributed by atoms with Gasteiger partial charge < -0.3 is 10.1 Å². The molecule has 2 aromatic heterocycles. The molecule has 1 amide bonds. The van der Waals surface area contributed by atoms with Crippen molar-refractivity contribution in [2.45, 2.75) is 6.54 Å². The topological polar surface area (TPSA) is 64.1 Å². The molecule has 0 saturated heterocycles. The smallest absolute Gasteiger partial charge is 0.278 e. The van der Waals surface area contributed by atoms with Crippen LogP contribution in [0.1, 0.15) is 15.2 Å². The molecular formula is C20H14FN3O2S. The molecule has 2 heterocycles. The Hall–Kier alpha value is -3.32. The number of amides is 1. The van der Waals surface area contributed by atoms with Crippen molar-refractivity contribution < 1.29 is 13.9 Å². The Labute approximate surface area is 158 Å². The van der Waals surface area contributed by atoms with E-state index in [2.05, 4.69) is 15.3 Å². The van der Waals surface area contributed by atoms with E-state index in [1.165, 1.54) is 35.6 Å². The molecule has 0 aliphatic rings. The zero-order valence-corrected chi connectivity index (χ0v) is 14.9. The van der Waals surface area contributed by atoms with Crippen molar-refractivity contribution in [3.05, 3.63) is 83.2 Å². The van der Waals surface area contributed by atoms with Gasteiger partial charge in [-0.25, -0.2) is 9.37 Å². The number of nitrogens with zero attached hydrogens (tertiary/aromatic N) is 2. The van der Waals surface area contributed by atoms with Gasteiger partial charge in [0.2, 0.25) is 0 Å². The molecule has 0 fully saturated rings. The fourth-order valence-electron chi connectivity index (χ4n) is 2.51. The number of ether oxygens (including phenoxy) is 1. The van der Waals surface area contributed by atoms with E-state index in [4.69, 9.17) is 4.74 Å². The number of benzene rings is 2. The largest absolute Gasteiger partial charge is 0.431 e. The number of carbonyl (C=O) groups is 1. The summed E-state index contributed by atoms with van der Waals surface area (Å²) in [6.45, 7) is 0.342. The SMILES string of the molecule is O=C(NCc1cnc(Oc2ccc(F)cc2)s1)c1ccc2ncccc2c1. The molecule has 0 aliphatic heterocycles. The van der Waals surface area contributed by atoms with E-state index in [9.17, 15) is 9.18 Å². The van der Waals surface area contributed by atoms with Crippen molar-refractivity contribution in [2.75, 3.05) is 0 Å². The van der Waals surface area contributed by atoms with Crippen LogP contribution in [0.5, 0.6) is 10.9 Å². The van der Waals surface area contributed by atoms with Gasteiger partial charge in [-0.3, -0.25) is 9.78 Å². The van der Waals surface area contributed by atoms with Gasteiger partial charge in [0, 0.05) is 28.2 Å². The lowest BCUT2D eigenvalue weighted by Gasteiger charge is -2.04. The Morgan fingerprint density at radius 1 is 1.11 bits per heavy atom. The summed E-state index contributed by atoms with van der Waals surface area (Å²) in [6.07, 6.45) is 3.37. The monoisotopic (exact) mass is 379 g/mol. The van der Waals surface area contributed by atoms with Gasteiger partial charge in [-0.1, -0.05) is 17.4 Å². The maximum absolute atomic E-state index is 12.9. The number of nitrogens with one attached hydrogen (secondary N) is 1. The number of aromatic nitrogens is 2. The van der Waals surface area contributed by atoms with Crippen LogP contribution in [0.15, 0.2) is 67.0 Å². The van der Waals surface area contributed by atoms with E-state index in [1.807, 2.05) is 24.3 Å². The van der Waals surface area contributed by atoms with Gasteiger partial charge in [-0.15, -0.1) is 0 Å². The van der Waals surface area contributed by atoms with Crippen LogP contribution in [0, 0.1) is 5.82 Å². The predicted octanol–water partition coefficient (Wildman–Crippen LogP) is 4.55. The molecule has 0 unspecified atom stereocenters. The Morgan fingerprint density at radius 2 is 1.96 bits per heavy atom. The average Bonchev–Trinajstić information content (AvgIpc) is 3.15. The normalized spacial score (nSPS) is 10.7. The van der Waals surface area contributed by atoms with Crippen LogP contribution in [0.25, 0.3) is 10.9 Å². The molecule has 0 spiro atoms.